The average molecular weight is 417 g/mol. The summed E-state index contributed by atoms with van der Waals surface area (Å²) in [4.78, 5) is 39.1. The summed E-state index contributed by atoms with van der Waals surface area (Å²) in [6, 6.07) is 17.9. The first kappa shape index (κ1) is 20.4. The Labute approximate surface area is 180 Å². The number of benzene rings is 2. The normalized spacial score (nSPS) is 15.7. The fourth-order valence-electron chi connectivity index (χ4n) is 3.60. The van der Waals surface area contributed by atoms with Crippen LogP contribution in [0, 0.1) is 5.92 Å². The van der Waals surface area contributed by atoms with Crippen molar-refractivity contribution in [2.75, 3.05) is 22.1 Å². The number of carbonyl (C=O) groups excluding carboxylic acids is 3. The molecule has 1 saturated heterocycles. The second-order valence-corrected chi connectivity index (χ2v) is 7.43. The predicted molar refractivity (Wildman–Crippen MR) is 118 cm³/mol. The quantitative estimate of drug-likeness (QED) is 0.632. The van der Waals surface area contributed by atoms with Gasteiger partial charge in [-0.1, -0.05) is 25.1 Å². The molecule has 3 aromatic rings. The standard InChI is InChI=1S/C24H23N3O4/c1-2-16-6-3-9-20(12-16)27-15-17(13-22(27)28)23(29)25-18-7-4-8-19(14-18)26-24(30)21-10-5-11-31-21/h3-12,14,17H,2,13,15H2,1H3,(H,25,29)(H,26,30). The van der Waals surface area contributed by atoms with Crippen molar-refractivity contribution in [2.24, 2.45) is 5.92 Å². The van der Waals surface area contributed by atoms with Gasteiger partial charge in [-0.3, -0.25) is 14.4 Å². The summed E-state index contributed by atoms with van der Waals surface area (Å²) in [7, 11) is 0. The first-order valence-corrected chi connectivity index (χ1v) is 10.2. The van der Waals surface area contributed by atoms with Crippen LogP contribution in [0.4, 0.5) is 17.1 Å². The van der Waals surface area contributed by atoms with Crippen LogP contribution in [0.1, 0.15) is 29.5 Å². The highest BCUT2D eigenvalue weighted by molar-refractivity contribution is 6.04. The van der Waals surface area contributed by atoms with Gasteiger partial charge in [-0.25, -0.2) is 0 Å². The maximum atomic E-state index is 12.8. The van der Waals surface area contributed by atoms with E-state index in [1.54, 1.807) is 41.3 Å². The smallest absolute Gasteiger partial charge is 0.291 e. The summed E-state index contributed by atoms with van der Waals surface area (Å²) in [6.07, 6.45) is 2.47. The first-order valence-electron chi connectivity index (χ1n) is 10.2. The largest absolute Gasteiger partial charge is 0.459 e. The van der Waals surface area contributed by atoms with Gasteiger partial charge in [0.25, 0.3) is 5.91 Å². The third-order valence-corrected chi connectivity index (χ3v) is 5.26. The lowest BCUT2D eigenvalue weighted by Gasteiger charge is -2.17. The van der Waals surface area contributed by atoms with Crippen LogP contribution in [0.5, 0.6) is 0 Å². The monoisotopic (exact) mass is 417 g/mol. The molecule has 3 amide bonds. The van der Waals surface area contributed by atoms with Gasteiger partial charge in [-0.15, -0.1) is 0 Å². The second-order valence-electron chi connectivity index (χ2n) is 7.43. The molecule has 7 heteroatoms. The van der Waals surface area contributed by atoms with Crippen molar-refractivity contribution >= 4 is 34.8 Å². The Bertz CT molecular complexity index is 1110. The Balaban J connectivity index is 1.40. The van der Waals surface area contributed by atoms with E-state index in [0.29, 0.717) is 17.9 Å². The van der Waals surface area contributed by atoms with Crippen LogP contribution in [0.25, 0.3) is 0 Å². The van der Waals surface area contributed by atoms with Crippen molar-refractivity contribution in [3.63, 3.8) is 0 Å². The summed E-state index contributed by atoms with van der Waals surface area (Å²) in [5.41, 5.74) is 3.04. The molecular weight excluding hydrogens is 394 g/mol. The molecule has 2 aromatic carbocycles. The molecule has 2 N–H and O–H groups in total. The average Bonchev–Trinajstić information content (AvgIpc) is 3.44. The van der Waals surface area contributed by atoms with E-state index in [4.69, 9.17) is 4.42 Å². The van der Waals surface area contributed by atoms with E-state index in [0.717, 1.165) is 17.7 Å². The zero-order valence-corrected chi connectivity index (χ0v) is 17.1. The molecule has 4 rings (SSSR count). The van der Waals surface area contributed by atoms with E-state index in [9.17, 15) is 14.4 Å². The van der Waals surface area contributed by atoms with Gasteiger partial charge in [0.1, 0.15) is 0 Å². The van der Waals surface area contributed by atoms with Gasteiger partial charge in [0.2, 0.25) is 11.8 Å². The van der Waals surface area contributed by atoms with Crippen molar-refractivity contribution in [2.45, 2.75) is 19.8 Å². The van der Waals surface area contributed by atoms with Crippen molar-refractivity contribution in [1.29, 1.82) is 0 Å². The molecule has 1 unspecified atom stereocenters. The van der Waals surface area contributed by atoms with Crippen LogP contribution < -0.4 is 15.5 Å². The summed E-state index contributed by atoms with van der Waals surface area (Å²) in [5.74, 6) is -0.907. The maximum Gasteiger partial charge on any atom is 0.291 e. The van der Waals surface area contributed by atoms with Gasteiger partial charge in [0.15, 0.2) is 5.76 Å². The van der Waals surface area contributed by atoms with Crippen LogP contribution in [0.15, 0.2) is 71.3 Å². The Morgan fingerprint density at radius 3 is 2.55 bits per heavy atom. The third-order valence-electron chi connectivity index (χ3n) is 5.26. The van der Waals surface area contributed by atoms with E-state index < -0.39 is 5.92 Å². The van der Waals surface area contributed by atoms with Gasteiger partial charge in [-0.2, -0.15) is 0 Å². The molecule has 31 heavy (non-hydrogen) atoms. The number of nitrogens with one attached hydrogen (secondary N) is 2. The van der Waals surface area contributed by atoms with Gasteiger partial charge in [-0.05, 0) is 54.4 Å². The van der Waals surface area contributed by atoms with Gasteiger partial charge >= 0.3 is 0 Å². The van der Waals surface area contributed by atoms with E-state index in [1.165, 1.54) is 6.26 Å². The molecule has 0 aliphatic carbocycles. The fraction of sp³-hybridized carbons (Fsp3) is 0.208. The van der Waals surface area contributed by atoms with Crippen molar-refractivity contribution in [3.05, 3.63) is 78.3 Å². The zero-order chi connectivity index (χ0) is 21.8. The van der Waals surface area contributed by atoms with Crippen molar-refractivity contribution in [3.8, 4) is 0 Å². The van der Waals surface area contributed by atoms with Crippen molar-refractivity contribution < 1.29 is 18.8 Å². The van der Waals surface area contributed by atoms with Crippen molar-refractivity contribution in [1.82, 2.24) is 0 Å². The number of furan rings is 1. The highest BCUT2D eigenvalue weighted by Crippen LogP contribution is 2.27. The molecule has 1 atom stereocenters. The molecule has 1 fully saturated rings. The first-order chi connectivity index (χ1) is 15.0. The lowest BCUT2D eigenvalue weighted by Crippen LogP contribution is -2.28. The Kier molecular flexibility index (Phi) is 5.84. The lowest BCUT2D eigenvalue weighted by atomic mass is 10.1. The maximum absolute atomic E-state index is 12.8. The highest BCUT2D eigenvalue weighted by Gasteiger charge is 2.35. The third kappa shape index (κ3) is 4.66. The number of amides is 3. The Morgan fingerprint density at radius 1 is 1.03 bits per heavy atom. The minimum atomic E-state index is -0.445. The molecule has 0 saturated carbocycles. The highest BCUT2D eigenvalue weighted by atomic mass is 16.3. The molecule has 0 spiro atoms. The Hall–Kier alpha value is -3.87. The Morgan fingerprint density at radius 2 is 1.81 bits per heavy atom. The summed E-state index contributed by atoms with van der Waals surface area (Å²) in [6.45, 7) is 2.40. The van der Waals surface area contributed by atoms with E-state index >= 15 is 0 Å². The molecule has 1 aliphatic heterocycles. The molecular formula is C24H23N3O4. The van der Waals surface area contributed by atoms with E-state index in [2.05, 4.69) is 17.6 Å². The van der Waals surface area contributed by atoms with Crippen LogP contribution in [0.2, 0.25) is 0 Å². The fourth-order valence-corrected chi connectivity index (χ4v) is 3.60. The molecule has 1 aliphatic rings. The minimum absolute atomic E-state index is 0.0622. The minimum Gasteiger partial charge on any atom is -0.459 e. The number of carbonyl (C=O) groups is 3. The summed E-state index contributed by atoms with van der Waals surface area (Å²) < 4.78 is 5.08. The number of rotatable bonds is 6. The van der Waals surface area contributed by atoms with Gasteiger partial charge < -0.3 is 20.0 Å². The zero-order valence-electron chi connectivity index (χ0n) is 17.1. The predicted octanol–water partition coefficient (Wildman–Crippen LogP) is 4.09. The molecule has 1 aromatic heterocycles. The molecule has 0 bridgehead atoms. The number of nitrogens with zero attached hydrogens (tertiary/aromatic N) is 1. The van der Waals surface area contributed by atoms with Gasteiger partial charge in [0, 0.05) is 30.0 Å². The molecule has 2 heterocycles. The van der Waals surface area contributed by atoms with E-state index in [1.807, 2.05) is 24.3 Å². The summed E-state index contributed by atoms with van der Waals surface area (Å²) in [5, 5.41) is 5.58. The van der Waals surface area contributed by atoms with Gasteiger partial charge in [0.05, 0.1) is 12.2 Å². The number of hydrogen-bond donors (Lipinski definition) is 2. The SMILES string of the molecule is CCc1cccc(N2CC(C(=O)Nc3cccc(NC(=O)c4ccco4)c3)CC2=O)c1. The second kappa shape index (κ2) is 8.87. The summed E-state index contributed by atoms with van der Waals surface area (Å²) >= 11 is 0. The van der Waals surface area contributed by atoms with Crippen LogP contribution in [0.3, 0.4) is 0 Å². The molecule has 158 valence electrons. The lowest BCUT2D eigenvalue weighted by molar-refractivity contribution is -0.122. The number of anilines is 3. The topological polar surface area (TPSA) is 91.7 Å². The molecule has 7 nitrogen and oxygen atoms in total. The van der Waals surface area contributed by atoms with Crippen LogP contribution >= 0.6 is 0 Å². The number of hydrogen-bond acceptors (Lipinski definition) is 4. The number of aryl methyl sites for hydroxylation is 1. The van der Waals surface area contributed by atoms with Crippen LogP contribution in [-0.2, 0) is 16.0 Å². The van der Waals surface area contributed by atoms with E-state index in [-0.39, 0.29) is 29.9 Å². The van der Waals surface area contributed by atoms with Crippen LogP contribution in [-0.4, -0.2) is 24.3 Å². The molecule has 0 radical (unpaired) electrons.